The number of carbonyl (C=O) groups excluding carboxylic acids is 1. The molecule has 1 radical (unpaired) electrons. The van der Waals surface area contributed by atoms with Crippen molar-refractivity contribution in [1.82, 2.24) is 10.2 Å². The van der Waals surface area contributed by atoms with Crippen molar-refractivity contribution in [1.29, 1.82) is 0 Å². The topological polar surface area (TPSA) is 63.1 Å². The molecule has 0 unspecified atom stereocenters. The van der Waals surface area contributed by atoms with Crippen LogP contribution in [0.2, 0.25) is 38.3 Å². The van der Waals surface area contributed by atoms with Crippen LogP contribution in [0.3, 0.4) is 0 Å². The van der Waals surface area contributed by atoms with Crippen LogP contribution in [0, 0.1) is 24.8 Å². The molecule has 2 heterocycles. The maximum atomic E-state index is 11.7. The van der Waals surface area contributed by atoms with Crippen LogP contribution in [0.5, 0.6) is 0 Å². The normalized spacial score (nSPS) is 15.2. The Morgan fingerprint density at radius 1 is 0.843 bits per heavy atom. The SMILES string of the molecule is CCC(CC)C(=O)/C=C(\O)C(CC)CC.Cc1nnc(-c2[c-]c3ccccc3c(C(C)(C)C)c2)cc1-c1ccc2c(c1)[Si](C)(C)CC[Si]2(C)C.[Ir]. The molecule has 51 heavy (non-hydrogen) atoms. The number of carbonyl (C=O) groups is 1. The van der Waals surface area contributed by atoms with E-state index in [9.17, 15) is 9.90 Å². The van der Waals surface area contributed by atoms with Gasteiger partial charge in [-0.25, -0.2) is 0 Å². The van der Waals surface area contributed by atoms with Crippen molar-refractivity contribution >= 4 is 43.1 Å². The molecule has 1 aliphatic heterocycles. The first kappa shape index (κ1) is 42.7. The zero-order chi connectivity index (χ0) is 37.0. The van der Waals surface area contributed by atoms with E-state index >= 15 is 0 Å². The molecule has 0 saturated heterocycles. The Kier molecular flexibility index (Phi) is 14.6. The number of aliphatic hydroxyl groups is 1. The Bertz CT molecular complexity index is 1850. The van der Waals surface area contributed by atoms with Gasteiger partial charge in [0.15, 0.2) is 5.78 Å². The van der Waals surface area contributed by atoms with Gasteiger partial charge in [0.25, 0.3) is 0 Å². The summed E-state index contributed by atoms with van der Waals surface area (Å²) in [5.41, 5.74) is 6.70. The molecule has 277 valence electrons. The van der Waals surface area contributed by atoms with Crippen LogP contribution in [0.25, 0.3) is 33.2 Å². The average Bonchev–Trinajstić information content (AvgIpc) is 3.07. The molecule has 0 bridgehead atoms. The molecule has 0 fully saturated rings. The summed E-state index contributed by atoms with van der Waals surface area (Å²) < 4.78 is 0. The van der Waals surface area contributed by atoms with Crippen molar-refractivity contribution in [2.45, 2.75) is 125 Å². The number of hydrogen-bond donors (Lipinski definition) is 1. The first-order chi connectivity index (χ1) is 23.5. The Morgan fingerprint density at radius 3 is 2.02 bits per heavy atom. The number of rotatable bonds is 9. The quantitative estimate of drug-likeness (QED) is 0.0787. The number of aromatic nitrogens is 2. The molecule has 1 aliphatic rings. The first-order valence-electron chi connectivity index (χ1n) is 18.9. The third kappa shape index (κ3) is 9.84. The zero-order valence-electron chi connectivity index (χ0n) is 33.3. The molecule has 0 aliphatic carbocycles. The molecule has 0 atom stereocenters. The number of aryl methyl sites for hydroxylation is 1. The van der Waals surface area contributed by atoms with Gasteiger partial charge in [-0.2, -0.15) is 10.2 Å². The molecule has 0 saturated carbocycles. The van der Waals surface area contributed by atoms with Gasteiger partial charge in [0.05, 0.1) is 27.6 Å². The van der Waals surface area contributed by atoms with Gasteiger partial charge in [0.2, 0.25) is 0 Å². The van der Waals surface area contributed by atoms with Crippen molar-refractivity contribution < 1.29 is 30.0 Å². The van der Waals surface area contributed by atoms with Crippen molar-refractivity contribution in [3.8, 4) is 22.4 Å². The fourth-order valence-corrected chi connectivity index (χ4v) is 17.7. The molecule has 5 rings (SSSR count). The van der Waals surface area contributed by atoms with Crippen LogP contribution in [-0.2, 0) is 30.3 Å². The third-order valence-electron chi connectivity index (χ3n) is 11.1. The van der Waals surface area contributed by atoms with Crippen LogP contribution < -0.4 is 10.4 Å². The van der Waals surface area contributed by atoms with Gasteiger partial charge < -0.3 is 5.11 Å². The van der Waals surface area contributed by atoms with Crippen LogP contribution in [0.15, 0.2) is 66.4 Å². The minimum atomic E-state index is -1.43. The summed E-state index contributed by atoms with van der Waals surface area (Å²) in [6.45, 7) is 27.1. The maximum absolute atomic E-state index is 11.7. The number of nitrogens with zero attached hydrogens (tertiary/aromatic N) is 2. The summed E-state index contributed by atoms with van der Waals surface area (Å²) in [4.78, 5) is 11.7. The van der Waals surface area contributed by atoms with Crippen LogP contribution >= 0.6 is 0 Å². The van der Waals surface area contributed by atoms with E-state index in [4.69, 9.17) is 0 Å². The standard InChI is InChI=1S/C31H37N2Si2.C13H24O2.Ir/c1-21-26(23-13-14-29-30(19-23)35(7,8)16-15-34(29,5)6)20-28(33-32-21)24-17-22-11-9-10-12-25(22)27(18-24)31(2,3)4;1-5-10(6-2)12(14)9-13(15)11(7-3)8-4;/h9-14,18-20H,15-16H2,1-8H3;9-11,14H,5-8H2,1-4H3;/q-1;;/b;12-9-;. The number of allylic oxidation sites excluding steroid dienone is 2. The van der Waals surface area contributed by atoms with E-state index in [1.54, 1.807) is 10.4 Å². The van der Waals surface area contributed by atoms with Crippen molar-refractivity contribution in [2.24, 2.45) is 11.8 Å². The Balaban J connectivity index is 0.000000374. The summed E-state index contributed by atoms with van der Waals surface area (Å²) in [5.74, 6) is 0.547. The largest absolute Gasteiger partial charge is 0.512 e. The summed E-state index contributed by atoms with van der Waals surface area (Å²) >= 11 is 0. The Labute approximate surface area is 324 Å². The van der Waals surface area contributed by atoms with Crippen molar-refractivity contribution in [2.75, 3.05) is 0 Å². The van der Waals surface area contributed by atoms with Gasteiger partial charge >= 0.3 is 0 Å². The van der Waals surface area contributed by atoms with Gasteiger partial charge in [0.1, 0.15) is 0 Å². The van der Waals surface area contributed by atoms with Gasteiger partial charge in [0, 0.05) is 43.7 Å². The fourth-order valence-electron chi connectivity index (χ4n) is 7.40. The minimum Gasteiger partial charge on any atom is -0.512 e. The molecular formula is C44H61IrN2O2Si2-. The molecular weight excluding hydrogens is 837 g/mol. The number of benzene rings is 3. The summed E-state index contributed by atoms with van der Waals surface area (Å²) in [6, 6.07) is 26.8. The molecule has 1 N–H and O–H groups in total. The van der Waals surface area contributed by atoms with Crippen LogP contribution in [-0.4, -0.2) is 37.2 Å². The summed E-state index contributed by atoms with van der Waals surface area (Å²) in [6.07, 6.45) is 4.91. The molecule has 4 aromatic rings. The predicted molar refractivity (Wildman–Crippen MR) is 220 cm³/mol. The predicted octanol–water partition coefficient (Wildman–Crippen LogP) is 11.1. The maximum Gasteiger partial charge on any atom is 0.162 e. The van der Waals surface area contributed by atoms with Crippen molar-refractivity contribution in [3.63, 3.8) is 0 Å². The second-order valence-corrected chi connectivity index (χ2v) is 26.3. The monoisotopic (exact) mass is 898 g/mol. The van der Waals surface area contributed by atoms with E-state index in [2.05, 4.69) is 125 Å². The Morgan fingerprint density at radius 2 is 1.43 bits per heavy atom. The summed E-state index contributed by atoms with van der Waals surface area (Å²) in [5, 5.41) is 24.8. The fraction of sp³-hybridized carbons (Fsp3) is 0.477. The molecule has 1 aromatic heterocycles. The van der Waals surface area contributed by atoms with Gasteiger partial charge in [-0.05, 0) is 49.1 Å². The number of aliphatic hydroxyl groups excluding tert-OH is 1. The molecule has 0 spiro atoms. The van der Waals surface area contributed by atoms with E-state index < -0.39 is 16.1 Å². The smallest absolute Gasteiger partial charge is 0.162 e. The van der Waals surface area contributed by atoms with Gasteiger partial charge in [-0.3, -0.25) is 4.79 Å². The molecule has 7 heteroatoms. The second kappa shape index (κ2) is 17.4. The number of ketones is 1. The van der Waals surface area contributed by atoms with Crippen molar-refractivity contribution in [3.05, 3.63) is 83.8 Å². The van der Waals surface area contributed by atoms with Gasteiger partial charge in [-0.15, -0.1) is 29.1 Å². The van der Waals surface area contributed by atoms with Gasteiger partial charge in [-0.1, -0.05) is 151 Å². The number of fused-ring (bicyclic) bond motifs is 2. The minimum absolute atomic E-state index is 0. The molecule has 4 nitrogen and oxygen atoms in total. The van der Waals surface area contributed by atoms with E-state index in [1.165, 1.54) is 40.2 Å². The average molecular weight is 898 g/mol. The molecule has 0 amide bonds. The first-order valence-corrected chi connectivity index (χ1v) is 25.3. The Hall–Kier alpha value is -2.71. The van der Waals surface area contributed by atoms with E-state index in [0.717, 1.165) is 48.0 Å². The summed E-state index contributed by atoms with van der Waals surface area (Å²) in [7, 11) is -2.78. The van der Waals surface area contributed by atoms with Crippen LogP contribution in [0.1, 0.15) is 85.4 Å². The van der Waals surface area contributed by atoms with E-state index in [0.29, 0.717) is 0 Å². The second-order valence-electron chi connectivity index (χ2n) is 16.6. The van der Waals surface area contributed by atoms with Crippen LogP contribution in [0.4, 0.5) is 0 Å². The molecule has 3 aromatic carbocycles. The van der Waals surface area contributed by atoms with E-state index in [1.807, 2.05) is 27.7 Å². The van der Waals surface area contributed by atoms with E-state index in [-0.39, 0.29) is 48.9 Å². The number of hydrogen-bond acceptors (Lipinski definition) is 4. The zero-order valence-corrected chi connectivity index (χ0v) is 37.6. The third-order valence-corrected chi connectivity index (χ3v) is 18.6.